The molecule has 1 amide bonds. The van der Waals surface area contributed by atoms with E-state index in [1.165, 1.54) is 18.7 Å². The summed E-state index contributed by atoms with van der Waals surface area (Å²) in [6.07, 6.45) is 14.0. The predicted molar refractivity (Wildman–Crippen MR) is 156 cm³/mol. The van der Waals surface area contributed by atoms with Crippen LogP contribution >= 0.6 is 11.6 Å². The molecular formula is C31H42ClN5O. The van der Waals surface area contributed by atoms with Gasteiger partial charge in [0.05, 0.1) is 6.04 Å². The van der Waals surface area contributed by atoms with E-state index in [0.29, 0.717) is 5.02 Å². The number of benzene rings is 1. The minimum absolute atomic E-state index is 0.0426. The monoisotopic (exact) mass is 535 g/mol. The van der Waals surface area contributed by atoms with Crippen molar-refractivity contribution in [3.63, 3.8) is 0 Å². The van der Waals surface area contributed by atoms with Crippen LogP contribution < -0.4 is 0 Å². The van der Waals surface area contributed by atoms with E-state index in [1.54, 1.807) is 0 Å². The number of aryl methyl sites for hydroxylation is 1. The minimum atomic E-state index is -0.0426. The number of carbonyl (C=O) groups excluding carboxylic acids is 1. The summed E-state index contributed by atoms with van der Waals surface area (Å²) in [7, 11) is 2.11. The number of amidine groups is 1. The Balaban J connectivity index is 1.55. The molecule has 4 aliphatic rings. The molecule has 1 unspecified atom stereocenters. The van der Waals surface area contributed by atoms with Crippen LogP contribution in [0.5, 0.6) is 0 Å². The van der Waals surface area contributed by atoms with Gasteiger partial charge in [0.1, 0.15) is 17.5 Å². The van der Waals surface area contributed by atoms with E-state index in [2.05, 4.69) is 47.4 Å². The standard InChI is InChI=1S/C31H42ClN5O/c1-4-35-16-8-5-6-12-24-14-15-25(32)21-26(24)31(38)37-19-9-7-13-27(37)23(2)20-28-33-29(22-30(35)34(28)3)36-17-10-11-18-36/h14-15,20-22,27H,2,4-13,16-19H2,1,3H3/b28-20-. The van der Waals surface area contributed by atoms with E-state index >= 15 is 0 Å². The van der Waals surface area contributed by atoms with Crippen LogP contribution in [0.1, 0.15) is 74.2 Å². The van der Waals surface area contributed by atoms with Gasteiger partial charge in [-0.05, 0) is 87.6 Å². The van der Waals surface area contributed by atoms with E-state index in [-0.39, 0.29) is 11.9 Å². The molecule has 4 aliphatic heterocycles. The number of hydrogen-bond acceptors (Lipinski definition) is 5. The zero-order valence-corrected chi connectivity index (χ0v) is 23.8. The van der Waals surface area contributed by atoms with Gasteiger partial charge in [0.2, 0.25) is 0 Å². The Bertz CT molecular complexity index is 1150. The summed E-state index contributed by atoms with van der Waals surface area (Å²) in [4.78, 5) is 28.3. The molecule has 0 saturated carbocycles. The number of piperidine rings is 1. The van der Waals surface area contributed by atoms with E-state index < -0.39 is 0 Å². The smallest absolute Gasteiger partial charge is 0.254 e. The Labute approximate surface area is 233 Å². The molecule has 0 aliphatic carbocycles. The van der Waals surface area contributed by atoms with Crippen molar-refractivity contribution in [3.05, 3.63) is 70.3 Å². The summed E-state index contributed by atoms with van der Waals surface area (Å²) in [6.45, 7) is 11.5. The highest BCUT2D eigenvalue weighted by Crippen LogP contribution is 2.31. The van der Waals surface area contributed by atoms with Crippen LogP contribution in [0.3, 0.4) is 0 Å². The zero-order chi connectivity index (χ0) is 26.6. The number of carbonyl (C=O) groups is 1. The van der Waals surface area contributed by atoms with Crippen LogP contribution in [0.25, 0.3) is 0 Å². The second-order valence-electron chi connectivity index (χ2n) is 11.0. The van der Waals surface area contributed by atoms with Gasteiger partial charge < -0.3 is 19.6 Å². The molecule has 38 heavy (non-hydrogen) atoms. The van der Waals surface area contributed by atoms with Gasteiger partial charge in [-0.15, -0.1) is 0 Å². The molecule has 0 N–H and O–H groups in total. The summed E-state index contributed by atoms with van der Waals surface area (Å²) in [5.74, 6) is 3.23. The summed E-state index contributed by atoms with van der Waals surface area (Å²) >= 11 is 6.40. The number of halogens is 1. The van der Waals surface area contributed by atoms with Crippen LogP contribution in [0.4, 0.5) is 0 Å². The van der Waals surface area contributed by atoms with Gasteiger partial charge >= 0.3 is 0 Å². The molecule has 7 heteroatoms. The molecule has 0 aromatic heterocycles. The maximum Gasteiger partial charge on any atom is 0.254 e. The van der Waals surface area contributed by atoms with Crippen molar-refractivity contribution in [2.45, 2.75) is 70.8 Å². The van der Waals surface area contributed by atoms with E-state index in [9.17, 15) is 4.79 Å². The molecule has 0 radical (unpaired) electrons. The highest BCUT2D eigenvalue weighted by atomic mass is 35.5. The van der Waals surface area contributed by atoms with E-state index in [4.69, 9.17) is 16.6 Å². The summed E-state index contributed by atoms with van der Waals surface area (Å²) < 4.78 is 0. The van der Waals surface area contributed by atoms with Gasteiger partial charge in [-0.3, -0.25) is 4.79 Å². The third-order valence-electron chi connectivity index (χ3n) is 8.49. The average Bonchev–Trinajstić information content (AvgIpc) is 3.47. The Morgan fingerprint density at radius 1 is 1.00 bits per heavy atom. The van der Waals surface area contributed by atoms with Crippen LogP contribution in [0.15, 0.2) is 59.1 Å². The molecule has 2 saturated heterocycles. The summed E-state index contributed by atoms with van der Waals surface area (Å²) in [6, 6.07) is 5.79. The van der Waals surface area contributed by atoms with Gasteiger partial charge in [0, 0.05) is 56.4 Å². The highest BCUT2D eigenvalue weighted by Gasteiger charge is 2.32. The van der Waals surface area contributed by atoms with Gasteiger partial charge in [-0.2, -0.15) is 0 Å². The normalized spacial score (nSPS) is 24.9. The number of rotatable bonds is 1. The average molecular weight is 536 g/mol. The van der Waals surface area contributed by atoms with E-state index in [0.717, 1.165) is 106 Å². The maximum atomic E-state index is 14.0. The lowest BCUT2D eigenvalue weighted by Gasteiger charge is -2.39. The van der Waals surface area contributed by atoms with E-state index in [1.807, 2.05) is 23.1 Å². The third kappa shape index (κ3) is 5.66. The largest absolute Gasteiger partial charge is 0.358 e. The van der Waals surface area contributed by atoms with Crippen LogP contribution in [0.2, 0.25) is 5.02 Å². The van der Waals surface area contributed by atoms with Crippen molar-refractivity contribution in [2.24, 2.45) is 4.99 Å². The molecular weight excluding hydrogens is 494 g/mol. The molecule has 204 valence electrons. The predicted octanol–water partition coefficient (Wildman–Crippen LogP) is 6.06. The Morgan fingerprint density at radius 2 is 1.76 bits per heavy atom. The lowest BCUT2D eigenvalue weighted by atomic mass is 9.93. The Morgan fingerprint density at radius 3 is 2.55 bits per heavy atom. The van der Waals surface area contributed by atoms with Gasteiger partial charge in [0.25, 0.3) is 5.91 Å². The first kappa shape index (κ1) is 26.9. The lowest BCUT2D eigenvalue weighted by molar-refractivity contribution is 0.0655. The van der Waals surface area contributed by atoms with Gasteiger partial charge in [0.15, 0.2) is 0 Å². The van der Waals surface area contributed by atoms with Gasteiger partial charge in [-0.25, -0.2) is 4.99 Å². The van der Waals surface area contributed by atoms with Crippen molar-refractivity contribution in [2.75, 3.05) is 39.8 Å². The Kier molecular flexibility index (Phi) is 8.47. The first-order valence-electron chi connectivity index (χ1n) is 14.5. The van der Waals surface area contributed by atoms with Crippen LogP contribution in [-0.4, -0.2) is 77.2 Å². The fourth-order valence-corrected chi connectivity index (χ4v) is 6.44. The first-order chi connectivity index (χ1) is 18.5. The number of nitrogens with zero attached hydrogens (tertiary/aromatic N) is 5. The third-order valence-corrected chi connectivity index (χ3v) is 8.73. The number of likely N-dealkylation sites (tertiary alicyclic amines) is 1. The molecule has 1 atom stereocenters. The van der Waals surface area contributed by atoms with Crippen LogP contribution in [0, 0.1) is 0 Å². The summed E-state index contributed by atoms with van der Waals surface area (Å²) in [5.41, 5.74) is 2.80. The number of amides is 1. The SMILES string of the molecule is C=C1/C=C2/N=C(N3CCCC3)C=C(N(CC)CCCCCc3ccc(Cl)cc3C(=O)N3CCCCC13)N2C. The first-order valence-corrected chi connectivity index (χ1v) is 14.9. The maximum absolute atomic E-state index is 14.0. The van der Waals surface area contributed by atoms with Crippen molar-refractivity contribution in [3.8, 4) is 0 Å². The molecule has 1 aromatic rings. The quantitative estimate of drug-likeness (QED) is 0.438. The van der Waals surface area contributed by atoms with Crippen LogP contribution in [-0.2, 0) is 6.42 Å². The number of aliphatic imine (C=N–C) groups is 1. The fourth-order valence-electron chi connectivity index (χ4n) is 6.27. The Hall–Kier alpha value is -2.73. The van der Waals surface area contributed by atoms with Crippen molar-refractivity contribution in [1.29, 1.82) is 0 Å². The molecule has 2 fully saturated rings. The molecule has 0 spiro atoms. The van der Waals surface area contributed by atoms with Crippen molar-refractivity contribution in [1.82, 2.24) is 19.6 Å². The zero-order valence-electron chi connectivity index (χ0n) is 23.1. The molecule has 4 heterocycles. The summed E-state index contributed by atoms with van der Waals surface area (Å²) in [5, 5.41) is 0.617. The van der Waals surface area contributed by atoms with Crippen molar-refractivity contribution >= 4 is 23.3 Å². The second-order valence-corrected chi connectivity index (χ2v) is 11.4. The molecule has 1 aromatic carbocycles. The number of hydrogen-bond donors (Lipinski definition) is 0. The number of fused-ring (bicyclic) bond motifs is 4. The highest BCUT2D eigenvalue weighted by molar-refractivity contribution is 6.31. The second kappa shape index (κ2) is 12.0. The fraction of sp³-hybridized carbons (Fsp3) is 0.548. The molecule has 5 rings (SSSR count). The topological polar surface area (TPSA) is 42.4 Å². The lowest BCUT2D eigenvalue weighted by Crippen LogP contribution is -2.45. The molecule has 2 bridgehead atoms. The minimum Gasteiger partial charge on any atom is -0.358 e. The van der Waals surface area contributed by atoms with Crippen molar-refractivity contribution < 1.29 is 4.79 Å². The van der Waals surface area contributed by atoms with Gasteiger partial charge in [-0.1, -0.05) is 30.7 Å². The molecule has 6 nitrogen and oxygen atoms in total.